The third-order valence-corrected chi connectivity index (χ3v) is 4.34. The first-order chi connectivity index (χ1) is 13.0. The van der Waals surface area contributed by atoms with Crippen molar-refractivity contribution >= 4 is 23.4 Å². The van der Waals surface area contributed by atoms with Crippen molar-refractivity contribution in [2.24, 2.45) is 5.73 Å². The number of aromatic nitrogens is 2. The number of carbonyl (C=O) groups excluding carboxylic acids is 1. The van der Waals surface area contributed by atoms with Crippen molar-refractivity contribution < 1.29 is 9.53 Å². The van der Waals surface area contributed by atoms with E-state index in [1.165, 1.54) is 0 Å². The lowest BCUT2D eigenvalue weighted by Gasteiger charge is -2.20. The second kappa shape index (κ2) is 8.24. The maximum Gasteiger partial charge on any atom is 0.263 e. The van der Waals surface area contributed by atoms with E-state index in [0.717, 1.165) is 15.5 Å². The minimum absolute atomic E-state index is 0.0238. The first kappa shape index (κ1) is 18.9. The predicted molar refractivity (Wildman–Crippen MR) is 106 cm³/mol. The number of carbonyl (C=O) groups is 1. The number of amides is 1. The summed E-state index contributed by atoms with van der Waals surface area (Å²) in [7, 11) is 0. The molecule has 3 rings (SSSR count). The van der Waals surface area contributed by atoms with Crippen LogP contribution in [-0.2, 0) is 4.79 Å². The fraction of sp³-hybridized carbons (Fsp3) is 0.200. The molecule has 1 unspecified atom stereocenters. The molecule has 2 aromatic carbocycles. The molecule has 0 aliphatic carbocycles. The minimum Gasteiger partial charge on any atom is -0.491 e. The van der Waals surface area contributed by atoms with Gasteiger partial charge in [-0.05, 0) is 37.1 Å². The van der Waals surface area contributed by atoms with E-state index in [1.807, 2.05) is 44.2 Å². The third kappa shape index (κ3) is 4.48. The van der Waals surface area contributed by atoms with Crippen molar-refractivity contribution in [2.75, 3.05) is 4.42 Å². The van der Waals surface area contributed by atoms with Crippen molar-refractivity contribution in [1.82, 2.24) is 10.2 Å². The molecule has 1 aromatic heterocycles. The van der Waals surface area contributed by atoms with Crippen LogP contribution < -0.4 is 14.9 Å². The third-order valence-electron chi connectivity index (χ3n) is 3.98. The molecule has 3 aromatic rings. The first-order valence-corrected chi connectivity index (χ1v) is 8.90. The molecule has 3 N–H and O–H groups in total. The van der Waals surface area contributed by atoms with Crippen LogP contribution in [0.15, 0.2) is 60.9 Å². The average molecular weight is 385 g/mol. The Morgan fingerprint density at radius 1 is 1.19 bits per heavy atom. The molecular formula is C20H21ClN4O2. The lowest BCUT2D eigenvalue weighted by molar-refractivity contribution is -0.118. The van der Waals surface area contributed by atoms with Gasteiger partial charge in [0.2, 0.25) is 0 Å². The van der Waals surface area contributed by atoms with Gasteiger partial charge >= 0.3 is 0 Å². The molecule has 6 nitrogen and oxygen atoms in total. The van der Waals surface area contributed by atoms with Gasteiger partial charge < -0.3 is 10.5 Å². The van der Waals surface area contributed by atoms with Crippen molar-refractivity contribution in [1.29, 1.82) is 0 Å². The Bertz CT molecular complexity index is 895. The largest absolute Gasteiger partial charge is 0.491 e. The van der Waals surface area contributed by atoms with E-state index in [9.17, 15) is 4.79 Å². The number of nitrogens with zero attached hydrogens (tertiary/aromatic N) is 2. The second-order valence-corrected chi connectivity index (χ2v) is 6.71. The van der Waals surface area contributed by atoms with E-state index in [0.29, 0.717) is 17.0 Å². The number of nitrogens with one attached hydrogen (secondary N) is 1. The average Bonchev–Trinajstić information content (AvgIpc) is 3.21. The fourth-order valence-corrected chi connectivity index (χ4v) is 2.84. The molecule has 1 amide bonds. The number of hydrogen-bond acceptors (Lipinski definition) is 4. The van der Waals surface area contributed by atoms with E-state index < -0.39 is 11.9 Å². The highest BCUT2D eigenvalue weighted by Gasteiger charge is 2.23. The molecule has 0 aliphatic heterocycles. The number of H-pyrrole nitrogens is 1. The lowest BCUT2D eigenvalue weighted by atomic mass is 10.0. The highest BCUT2D eigenvalue weighted by molar-refractivity contribution is 6.37. The molecule has 0 fully saturated rings. The van der Waals surface area contributed by atoms with Crippen LogP contribution in [0.5, 0.6) is 5.75 Å². The van der Waals surface area contributed by atoms with Gasteiger partial charge in [0.1, 0.15) is 11.8 Å². The molecule has 0 aliphatic rings. The molecule has 1 atom stereocenters. The zero-order valence-corrected chi connectivity index (χ0v) is 15.9. The number of rotatable bonds is 6. The predicted octanol–water partition coefficient (Wildman–Crippen LogP) is 4.05. The standard InChI is InChI=1S/C20H21ClN4O2/c1-13(2)27-18-5-3-4-17(10-18)25(21)20(26)19(22)15-8-6-14(7-9-15)16-11-23-24-12-16/h3-13,19H,22H2,1-2H3,(H,23,24). The summed E-state index contributed by atoms with van der Waals surface area (Å²) in [4.78, 5) is 12.7. The van der Waals surface area contributed by atoms with Crippen LogP contribution in [0, 0.1) is 0 Å². The van der Waals surface area contributed by atoms with Gasteiger partial charge in [-0.3, -0.25) is 9.89 Å². The summed E-state index contributed by atoms with van der Waals surface area (Å²) in [5.41, 5.74) is 9.26. The highest BCUT2D eigenvalue weighted by Crippen LogP contribution is 2.27. The Kier molecular flexibility index (Phi) is 5.78. The zero-order chi connectivity index (χ0) is 19.4. The first-order valence-electron chi connectivity index (χ1n) is 8.57. The lowest BCUT2D eigenvalue weighted by Crippen LogP contribution is -2.32. The molecule has 27 heavy (non-hydrogen) atoms. The van der Waals surface area contributed by atoms with Crippen LogP contribution >= 0.6 is 11.8 Å². The van der Waals surface area contributed by atoms with Gasteiger partial charge in [0, 0.05) is 29.6 Å². The fourth-order valence-electron chi connectivity index (χ4n) is 2.63. The molecule has 0 spiro atoms. The van der Waals surface area contributed by atoms with Gasteiger partial charge in [-0.1, -0.05) is 30.3 Å². The highest BCUT2D eigenvalue weighted by atomic mass is 35.5. The van der Waals surface area contributed by atoms with Crippen LogP contribution in [0.3, 0.4) is 0 Å². The van der Waals surface area contributed by atoms with Crippen molar-refractivity contribution in [3.8, 4) is 16.9 Å². The Balaban J connectivity index is 1.74. The second-order valence-electron chi connectivity index (χ2n) is 6.37. The quantitative estimate of drug-likeness (QED) is 0.628. The number of nitrogens with two attached hydrogens (primary N) is 1. The smallest absolute Gasteiger partial charge is 0.263 e. The number of aromatic amines is 1. The van der Waals surface area contributed by atoms with E-state index in [2.05, 4.69) is 10.2 Å². The summed E-state index contributed by atoms with van der Waals surface area (Å²) in [5, 5.41) is 6.70. The Hall–Kier alpha value is -2.83. The molecular weight excluding hydrogens is 364 g/mol. The number of hydrogen-bond donors (Lipinski definition) is 2. The van der Waals surface area contributed by atoms with Crippen molar-refractivity contribution in [3.63, 3.8) is 0 Å². The van der Waals surface area contributed by atoms with Crippen molar-refractivity contribution in [3.05, 3.63) is 66.5 Å². The molecule has 7 heteroatoms. The van der Waals surface area contributed by atoms with Gasteiger partial charge in [0.15, 0.2) is 0 Å². The van der Waals surface area contributed by atoms with Crippen LogP contribution in [0.25, 0.3) is 11.1 Å². The van der Waals surface area contributed by atoms with Gasteiger partial charge in [0.25, 0.3) is 5.91 Å². The summed E-state index contributed by atoms with van der Waals surface area (Å²) in [5.74, 6) is 0.216. The maximum absolute atomic E-state index is 12.7. The van der Waals surface area contributed by atoms with E-state index in [4.69, 9.17) is 22.2 Å². The molecule has 0 saturated carbocycles. The zero-order valence-electron chi connectivity index (χ0n) is 15.1. The topological polar surface area (TPSA) is 84.2 Å². The SMILES string of the molecule is CC(C)Oc1cccc(N(Cl)C(=O)C(N)c2ccc(-c3cn[nH]c3)cc2)c1. The van der Waals surface area contributed by atoms with E-state index in [-0.39, 0.29) is 6.10 Å². The van der Waals surface area contributed by atoms with Crippen LogP contribution in [0.2, 0.25) is 0 Å². The Morgan fingerprint density at radius 2 is 1.93 bits per heavy atom. The normalized spacial score (nSPS) is 12.0. The number of halogens is 1. The molecule has 0 saturated heterocycles. The van der Waals surface area contributed by atoms with Crippen LogP contribution in [0.4, 0.5) is 5.69 Å². The molecule has 0 radical (unpaired) electrons. The monoisotopic (exact) mass is 384 g/mol. The summed E-state index contributed by atoms with van der Waals surface area (Å²) < 4.78 is 6.67. The number of ether oxygens (including phenoxy) is 1. The van der Waals surface area contributed by atoms with Gasteiger partial charge in [0.05, 0.1) is 18.0 Å². The van der Waals surface area contributed by atoms with E-state index in [1.54, 1.807) is 30.6 Å². The summed E-state index contributed by atoms with van der Waals surface area (Å²) >= 11 is 6.26. The summed E-state index contributed by atoms with van der Waals surface area (Å²) in [6.45, 7) is 3.86. The van der Waals surface area contributed by atoms with E-state index >= 15 is 0 Å². The van der Waals surface area contributed by atoms with Gasteiger partial charge in [-0.25, -0.2) is 4.42 Å². The molecule has 140 valence electrons. The summed E-state index contributed by atoms with van der Waals surface area (Å²) in [6.07, 6.45) is 3.55. The molecule has 1 heterocycles. The Morgan fingerprint density at radius 3 is 2.56 bits per heavy atom. The maximum atomic E-state index is 12.7. The van der Waals surface area contributed by atoms with Crippen LogP contribution in [-0.4, -0.2) is 22.2 Å². The summed E-state index contributed by atoms with van der Waals surface area (Å²) in [6, 6.07) is 13.6. The van der Waals surface area contributed by atoms with Crippen molar-refractivity contribution in [2.45, 2.75) is 26.0 Å². The van der Waals surface area contributed by atoms with Crippen LogP contribution in [0.1, 0.15) is 25.5 Å². The Labute approximate surface area is 163 Å². The number of benzene rings is 2. The molecule has 0 bridgehead atoms. The number of anilines is 1. The minimum atomic E-state index is -0.879. The van der Waals surface area contributed by atoms with Gasteiger partial charge in [-0.15, -0.1) is 0 Å². The van der Waals surface area contributed by atoms with Gasteiger partial charge in [-0.2, -0.15) is 5.10 Å².